The van der Waals surface area contributed by atoms with Gasteiger partial charge in [0.15, 0.2) is 0 Å². The molecule has 1 unspecified atom stereocenters. The van der Waals surface area contributed by atoms with E-state index >= 15 is 0 Å². The molecule has 0 bridgehead atoms. The Labute approximate surface area is 146 Å². The summed E-state index contributed by atoms with van der Waals surface area (Å²) >= 11 is 9.49. The van der Waals surface area contributed by atoms with E-state index in [1.807, 2.05) is 38.8 Å². The summed E-state index contributed by atoms with van der Waals surface area (Å²) in [7, 11) is 1.91. The molecule has 1 aromatic rings. The third-order valence-corrected chi connectivity index (χ3v) is 4.78. The molecule has 2 heterocycles. The Bertz CT molecular complexity index is 559. The highest BCUT2D eigenvalue weighted by molar-refractivity contribution is 9.10. The predicted octanol–water partition coefficient (Wildman–Crippen LogP) is 3.97. The van der Waals surface area contributed by atoms with Crippen molar-refractivity contribution >= 4 is 39.3 Å². The van der Waals surface area contributed by atoms with Crippen LogP contribution in [0.1, 0.15) is 33.6 Å². The number of halogens is 2. The second kappa shape index (κ2) is 6.75. The molecule has 0 N–H and O–H groups in total. The lowest BCUT2D eigenvalue weighted by Gasteiger charge is -2.40. The topological polar surface area (TPSA) is 36.4 Å². The number of pyridine rings is 1. The molecule has 22 heavy (non-hydrogen) atoms. The summed E-state index contributed by atoms with van der Waals surface area (Å²) in [6.07, 6.45) is 3.73. The molecule has 1 fully saturated rings. The molecule has 1 saturated heterocycles. The number of hydrogen-bond acceptors (Lipinski definition) is 3. The van der Waals surface area contributed by atoms with Crippen LogP contribution in [0, 0.1) is 5.41 Å². The van der Waals surface area contributed by atoms with E-state index in [1.54, 1.807) is 6.20 Å². The van der Waals surface area contributed by atoms with Gasteiger partial charge in [-0.25, -0.2) is 4.98 Å². The lowest BCUT2D eigenvalue weighted by molar-refractivity contribution is -0.140. The van der Waals surface area contributed by atoms with Crippen LogP contribution in [-0.4, -0.2) is 42.0 Å². The monoisotopic (exact) mass is 387 g/mol. The molecule has 0 aliphatic carbocycles. The van der Waals surface area contributed by atoms with Crippen LogP contribution in [0.4, 0.5) is 5.82 Å². The van der Waals surface area contributed by atoms with Crippen LogP contribution < -0.4 is 4.90 Å². The molecule has 1 amide bonds. The van der Waals surface area contributed by atoms with Crippen LogP contribution >= 0.6 is 27.5 Å². The highest BCUT2D eigenvalue weighted by Gasteiger charge is 2.32. The smallest absolute Gasteiger partial charge is 0.227 e. The van der Waals surface area contributed by atoms with Crippen LogP contribution in [0.15, 0.2) is 16.7 Å². The molecular formula is C16H23BrClN3O. The minimum absolute atomic E-state index is 0.183. The summed E-state index contributed by atoms with van der Waals surface area (Å²) in [6, 6.07) is 2.07. The fraction of sp³-hybridized carbons (Fsp3) is 0.625. The molecule has 6 heteroatoms. The lowest BCUT2D eigenvalue weighted by Crippen LogP contribution is -2.51. The van der Waals surface area contributed by atoms with Crippen LogP contribution in [0.25, 0.3) is 0 Å². The average molecular weight is 389 g/mol. The van der Waals surface area contributed by atoms with E-state index < -0.39 is 0 Å². The normalized spacial score (nSPS) is 19.2. The van der Waals surface area contributed by atoms with E-state index in [4.69, 9.17) is 11.6 Å². The second-order valence-corrected chi connectivity index (χ2v) is 8.16. The number of hydrogen-bond donors (Lipinski definition) is 0. The number of rotatable bonds is 2. The van der Waals surface area contributed by atoms with Gasteiger partial charge in [-0.1, -0.05) is 32.4 Å². The number of anilines is 1. The van der Waals surface area contributed by atoms with E-state index in [0.717, 1.165) is 36.2 Å². The first-order valence-electron chi connectivity index (χ1n) is 7.53. The molecule has 0 aromatic carbocycles. The molecule has 1 aliphatic heterocycles. The minimum atomic E-state index is -0.351. The molecule has 4 nitrogen and oxygen atoms in total. The van der Waals surface area contributed by atoms with Gasteiger partial charge in [0, 0.05) is 37.8 Å². The average Bonchev–Trinajstić information content (AvgIpc) is 2.45. The van der Waals surface area contributed by atoms with Gasteiger partial charge >= 0.3 is 0 Å². The molecule has 0 saturated carbocycles. The van der Waals surface area contributed by atoms with Crippen molar-refractivity contribution in [2.24, 2.45) is 5.41 Å². The number of carbonyl (C=O) groups is 1. The van der Waals surface area contributed by atoms with Gasteiger partial charge in [0.2, 0.25) is 5.91 Å². The highest BCUT2D eigenvalue weighted by Crippen LogP contribution is 2.30. The maximum absolute atomic E-state index is 12.5. The fourth-order valence-corrected chi connectivity index (χ4v) is 3.69. The quantitative estimate of drug-likeness (QED) is 0.769. The summed E-state index contributed by atoms with van der Waals surface area (Å²) in [5.41, 5.74) is -0.351. The van der Waals surface area contributed by atoms with Gasteiger partial charge in [-0.2, -0.15) is 0 Å². The molecule has 2 rings (SSSR count). The Morgan fingerprint density at radius 1 is 1.50 bits per heavy atom. The first-order valence-corrected chi connectivity index (χ1v) is 8.70. The van der Waals surface area contributed by atoms with Crippen molar-refractivity contribution in [1.82, 2.24) is 9.88 Å². The third kappa shape index (κ3) is 3.93. The third-order valence-electron chi connectivity index (χ3n) is 3.99. The van der Waals surface area contributed by atoms with E-state index in [9.17, 15) is 4.79 Å². The summed E-state index contributed by atoms with van der Waals surface area (Å²) < 4.78 is 0.894. The SMILES string of the molecule is CN(C(=O)C(C)(C)C)C1CCCN(c2ncc(Cl)cc2Br)C1. The number of piperidine rings is 1. The van der Waals surface area contributed by atoms with Crippen LogP contribution in [0.2, 0.25) is 5.02 Å². The Morgan fingerprint density at radius 2 is 2.18 bits per heavy atom. The number of amides is 1. The van der Waals surface area contributed by atoms with Gasteiger partial charge in [-0.3, -0.25) is 4.79 Å². The number of aromatic nitrogens is 1. The zero-order valence-electron chi connectivity index (χ0n) is 13.6. The Kier molecular flexibility index (Phi) is 5.38. The highest BCUT2D eigenvalue weighted by atomic mass is 79.9. The molecule has 1 aliphatic rings. The van der Waals surface area contributed by atoms with Gasteiger partial charge in [-0.15, -0.1) is 0 Å². The van der Waals surface area contributed by atoms with Crippen molar-refractivity contribution < 1.29 is 4.79 Å². The zero-order chi connectivity index (χ0) is 16.5. The summed E-state index contributed by atoms with van der Waals surface area (Å²) in [5.74, 6) is 1.08. The Balaban J connectivity index is 2.13. The Hall–Kier alpha value is -0.810. The summed E-state index contributed by atoms with van der Waals surface area (Å²) in [6.45, 7) is 7.63. The standard InChI is InChI=1S/C16H23BrClN3O/c1-16(2,3)15(22)20(4)12-6-5-7-21(10-12)14-13(17)8-11(18)9-19-14/h8-9,12H,5-7,10H2,1-4H3. The van der Waals surface area contributed by atoms with Gasteiger partial charge in [-0.05, 0) is 34.8 Å². The molecule has 122 valence electrons. The molecule has 0 spiro atoms. The number of likely N-dealkylation sites (N-methyl/N-ethyl adjacent to an activating group) is 1. The molecule has 1 aromatic heterocycles. The van der Waals surface area contributed by atoms with Crippen molar-refractivity contribution in [3.63, 3.8) is 0 Å². The van der Waals surface area contributed by atoms with Crippen molar-refractivity contribution in [3.05, 3.63) is 21.8 Å². The van der Waals surface area contributed by atoms with E-state index in [0.29, 0.717) is 5.02 Å². The van der Waals surface area contributed by atoms with Crippen molar-refractivity contribution in [2.45, 2.75) is 39.7 Å². The van der Waals surface area contributed by atoms with Gasteiger partial charge in [0.05, 0.1) is 9.50 Å². The van der Waals surface area contributed by atoms with Crippen molar-refractivity contribution in [2.75, 3.05) is 25.0 Å². The zero-order valence-corrected chi connectivity index (χ0v) is 15.9. The first-order chi connectivity index (χ1) is 10.2. The van der Waals surface area contributed by atoms with E-state index in [1.165, 1.54) is 0 Å². The van der Waals surface area contributed by atoms with E-state index in [2.05, 4.69) is 25.8 Å². The largest absolute Gasteiger partial charge is 0.354 e. The van der Waals surface area contributed by atoms with Crippen molar-refractivity contribution in [1.29, 1.82) is 0 Å². The van der Waals surface area contributed by atoms with Crippen LogP contribution in [0.3, 0.4) is 0 Å². The molecule has 0 radical (unpaired) electrons. The molecular weight excluding hydrogens is 366 g/mol. The van der Waals surface area contributed by atoms with Gasteiger partial charge in [0.25, 0.3) is 0 Å². The lowest BCUT2D eigenvalue weighted by atomic mass is 9.93. The maximum Gasteiger partial charge on any atom is 0.227 e. The van der Waals surface area contributed by atoms with Gasteiger partial charge < -0.3 is 9.80 Å². The minimum Gasteiger partial charge on any atom is -0.354 e. The maximum atomic E-state index is 12.5. The molecule has 1 atom stereocenters. The van der Waals surface area contributed by atoms with Crippen LogP contribution in [0.5, 0.6) is 0 Å². The fourth-order valence-electron chi connectivity index (χ4n) is 2.80. The van der Waals surface area contributed by atoms with Crippen LogP contribution in [-0.2, 0) is 4.79 Å². The second-order valence-electron chi connectivity index (χ2n) is 6.87. The summed E-state index contributed by atoms with van der Waals surface area (Å²) in [5, 5.41) is 0.615. The Morgan fingerprint density at radius 3 is 2.77 bits per heavy atom. The first kappa shape index (κ1) is 17.5. The number of nitrogens with zero attached hydrogens (tertiary/aromatic N) is 3. The van der Waals surface area contributed by atoms with Crippen molar-refractivity contribution in [3.8, 4) is 0 Å². The number of carbonyl (C=O) groups excluding carboxylic acids is 1. The van der Waals surface area contributed by atoms with Gasteiger partial charge in [0.1, 0.15) is 5.82 Å². The predicted molar refractivity (Wildman–Crippen MR) is 94.4 cm³/mol. The van der Waals surface area contributed by atoms with E-state index in [-0.39, 0.29) is 17.4 Å². The summed E-state index contributed by atoms with van der Waals surface area (Å²) in [4.78, 5) is 21.0.